The standard InChI is InChI=1S/C16H16FNO3/c1-3-11-5-7-13(8-6-11)21-15-14(17)9-12(10-18-15)16(19)20-4-2/h5-10H,3-4H2,1-2H3. The topological polar surface area (TPSA) is 48.4 Å². The van der Waals surface area contributed by atoms with E-state index in [9.17, 15) is 9.18 Å². The van der Waals surface area contributed by atoms with Crippen LogP contribution in [0, 0.1) is 5.82 Å². The van der Waals surface area contributed by atoms with Gasteiger partial charge in [0, 0.05) is 6.20 Å². The second-order valence-electron chi connectivity index (χ2n) is 4.33. The Morgan fingerprint density at radius 1 is 1.24 bits per heavy atom. The Bertz CT molecular complexity index is 626. The maximum Gasteiger partial charge on any atom is 0.339 e. The van der Waals surface area contributed by atoms with Gasteiger partial charge in [-0.1, -0.05) is 19.1 Å². The fourth-order valence-corrected chi connectivity index (χ4v) is 1.73. The molecule has 2 aromatic rings. The van der Waals surface area contributed by atoms with E-state index >= 15 is 0 Å². The minimum Gasteiger partial charge on any atom is -0.462 e. The number of carbonyl (C=O) groups excluding carboxylic acids is 1. The molecule has 1 aromatic carbocycles. The SMILES string of the molecule is CCOC(=O)c1cnc(Oc2ccc(CC)cc2)c(F)c1. The fraction of sp³-hybridized carbons (Fsp3) is 0.250. The van der Waals surface area contributed by atoms with Gasteiger partial charge in [0.15, 0.2) is 5.82 Å². The van der Waals surface area contributed by atoms with Gasteiger partial charge in [-0.15, -0.1) is 0 Å². The summed E-state index contributed by atoms with van der Waals surface area (Å²) in [6.07, 6.45) is 2.15. The number of aromatic nitrogens is 1. The largest absolute Gasteiger partial charge is 0.462 e. The minimum absolute atomic E-state index is 0.0584. The van der Waals surface area contributed by atoms with Crippen LogP contribution in [0.5, 0.6) is 11.6 Å². The number of esters is 1. The summed E-state index contributed by atoms with van der Waals surface area (Å²) in [6.45, 7) is 3.95. The molecule has 0 aliphatic carbocycles. The maximum absolute atomic E-state index is 13.9. The second kappa shape index (κ2) is 6.83. The first-order valence-electron chi connectivity index (χ1n) is 6.73. The van der Waals surface area contributed by atoms with Gasteiger partial charge in [-0.05, 0) is 37.1 Å². The second-order valence-corrected chi connectivity index (χ2v) is 4.33. The summed E-state index contributed by atoms with van der Waals surface area (Å²) < 4.78 is 24.0. The van der Waals surface area contributed by atoms with Crippen molar-refractivity contribution in [2.75, 3.05) is 6.61 Å². The first-order valence-corrected chi connectivity index (χ1v) is 6.73. The van der Waals surface area contributed by atoms with Crippen molar-refractivity contribution in [3.63, 3.8) is 0 Å². The van der Waals surface area contributed by atoms with Gasteiger partial charge < -0.3 is 9.47 Å². The van der Waals surface area contributed by atoms with E-state index in [0.717, 1.165) is 18.1 Å². The predicted molar refractivity (Wildman–Crippen MR) is 76.0 cm³/mol. The average molecular weight is 289 g/mol. The van der Waals surface area contributed by atoms with E-state index < -0.39 is 11.8 Å². The monoisotopic (exact) mass is 289 g/mol. The third kappa shape index (κ3) is 3.78. The zero-order chi connectivity index (χ0) is 15.2. The summed E-state index contributed by atoms with van der Waals surface area (Å²) in [5, 5.41) is 0. The van der Waals surface area contributed by atoms with Crippen molar-refractivity contribution in [1.82, 2.24) is 4.98 Å². The molecule has 21 heavy (non-hydrogen) atoms. The van der Waals surface area contributed by atoms with Crippen molar-refractivity contribution in [3.05, 3.63) is 53.5 Å². The zero-order valence-corrected chi connectivity index (χ0v) is 11.9. The van der Waals surface area contributed by atoms with E-state index in [-0.39, 0.29) is 18.1 Å². The van der Waals surface area contributed by atoms with Gasteiger partial charge in [-0.25, -0.2) is 14.2 Å². The molecule has 2 rings (SSSR count). The number of hydrogen-bond donors (Lipinski definition) is 0. The van der Waals surface area contributed by atoms with E-state index in [0.29, 0.717) is 5.75 Å². The number of pyridine rings is 1. The third-order valence-electron chi connectivity index (χ3n) is 2.86. The highest BCUT2D eigenvalue weighted by Gasteiger charge is 2.13. The summed E-state index contributed by atoms with van der Waals surface area (Å²) in [6, 6.07) is 8.36. The molecule has 0 spiro atoms. The highest BCUT2D eigenvalue weighted by molar-refractivity contribution is 5.89. The highest BCUT2D eigenvalue weighted by atomic mass is 19.1. The van der Waals surface area contributed by atoms with Gasteiger partial charge in [0.05, 0.1) is 12.2 Å². The van der Waals surface area contributed by atoms with Gasteiger partial charge in [0.1, 0.15) is 5.75 Å². The molecule has 0 aliphatic rings. The molecule has 1 aromatic heterocycles. The molecular formula is C16H16FNO3. The van der Waals surface area contributed by atoms with Crippen LogP contribution >= 0.6 is 0 Å². The Kier molecular flexibility index (Phi) is 4.87. The molecule has 0 fully saturated rings. The Hall–Kier alpha value is -2.43. The molecule has 0 bridgehead atoms. The Labute approximate surface area is 122 Å². The van der Waals surface area contributed by atoms with E-state index in [1.54, 1.807) is 19.1 Å². The van der Waals surface area contributed by atoms with Crippen LogP contribution in [0.25, 0.3) is 0 Å². The van der Waals surface area contributed by atoms with Crippen LogP contribution in [0.4, 0.5) is 4.39 Å². The van der Waals surface area contributed by atoms with Crippen molar-refractivity contribution in [2.45, 2.75) is 20.3 Å². The summed E-state index contributed by atoms with van der Waals surface area (Å²) in [4.78, 5) is 15.3. The Morgan fingerprint density at radius 3 is 2.52 bits per heavy atom. The predicted octanol–water partition coefficient (Wildman–Crippen LogP) is 3.75. The van der Waals surface area contributed by atoms with Crippen LogP contribution in [0.3, 0.4) is 0 Å². The molecule has 0 aliphatic heterocycles. The number of halogens is 1. The molecule has 1 heterocycles. The van der Waals surface area contributed by atoms with Crippen LogP contribution in [0.15, 0.2) is 36.5 Å². The molecular weight excluding hydrogens is 273 g/mol. The first kappa shape index (κ1) is 15.0. The normalized spacial score (nSPS) is 10.2. The molecule has 0 N–H and O–H groups in total. The van der Waals surface area contributed by atoms with E-state index in [2.05, 4.69) is 4.98 Å². The van der Waals surface area contributed by atoms with Crippen molar-refractivity contribution in [2.24, 2.45) is 0 Å². The van der Waals surface area contributed by atoms with Gasteiger partial charge in [0.25, 0.3) is 5.88 Å². The van der Waals surface area contributed by atoms with Crippen LogP contribution in [-0.2, 0) is 11.2 Å². The first-order chi connectivity index (χ1) is 10.1. The molecule has 0 radical (unpaired) electrons. The maximum atomic E-state index is 13.9. The van der Waals surface area contributed by atoms with Gasteiger partial charge >= 0.3 is 5.97 Å². The summed E-state index contributed by atoms with van der Waals surface area (Å²) >= 11 is 0. The lowest BCUT2D eigenvalue weighted by Crippen LogP contribution is -2.06. The summed E-state index contributed by atoms with van der Waals surface area (Å²) in [5.74, 6) is -1.00. The zero-order valence-electron chi connectivity index (χ0n) is 11.9. The van der Waals surface area contributed by atoms with Crippen LogP contribution in [0.1, 0.15) is 29.8 Å². The number of rotatable bonds is 5. The minimum atomic E-state index is -0.708. The van der Waals surface area contributed by atoms with E-state index in [1.807, 2.05) is 19.1 Å². The van der Waals surface area contributed by atoms with Gasteiger partial charge in [-0.3, -0.25) is 0 Å². The molecule has 0 amide bonds. The molecule has 0 unspecified atom stereocenters. The van der Waals surface area contributed by atoms with Crippen LogP contribution in [-0.4, -0.2) is 17.6 Å². The molecule has 0 atom stereocenters. The smallest absolute Gasteiger partial charge is 0.339 e. The number of ether oxygens (including phenoxy) is 2. The fourth-order valence-electron chi connectivity index (χ4n) is 1.73. The number of aryl methyl sites for hydroxylation is 1. The van der Waals surface area contributed by atoms with Crippen molar-refractivity contribution in [3.8, 4) is 11.6 Å². The molecule has 0 saturated heterocycles. The summed E-state index contributed by atoms with van der Waals surface area (Å²) in [5.41, 5.74) is 1.22. The third-order valence-corrected chi connectivity index (χ3v) is 2.86. The van der Waals surface area contributed by atoms with Crippen molar-refractivity contribution in [1.29, 1.82) is 0 Å². The molecule has 110 valence electrons. The Morgan fingerprint density at radius 2 is 1.95 bits per heavy atom. The van der Waals surface area contributed by atoms with E-state index in [4.69, 9.17) is 9.47 Å². The Balaban J connectivity index is 2.15. The average Bonchev–Trinajstić information content (AvgIpc) is 2.50. The van der Waals surface area contributed by atoms with Gasteiger partial charge in [-0.2, -0.15) is 0 Å². The number of benzene rings is 1. The number of hydrogen-bond acceptors (Lipinski definition) is 4. The molecule has 5 heteroatoms. The van der Waals surface area contributed by atoms with Crippen LogP contribution < -0.4 is 4.74 Å². The van der Waals surface area contributed by atoms with Crippen molar-refractivity contribution >= 4 is 5.97 Å². The number of nitrogens with zero attached hydrogens (tertiary/aromatic N) is 1. The lowest BCUT2D eigenvalue weighted by atomic mass is 10.2. The quantitative estimate of drug-likeness (QED) is 0.786. The molecule has 4 nitrogen and oxygen atoms in total. The lowest BCUT2D eigenvalue weighted by Gasteiger charge is -2.07. The summed E-state index contributed by atoms with van der Waals surface area (Å²) in [7, 11) is 0. The molecule has 0 saturated carbocycles. The van der Waals surface area contributed by atoms with Crippen molar-refractivity contribution < 1.29 is 18.7 Å². The van der Waals surface area contributed by atoms with Crippen LogP contribution in [0.2, 0.25) is 0 Å². The number of carbonyl (C=O) groups is 1. The lowest BCUT2D eigenvalue weighted by molar-refractivity contribution is 0.0525. The highest BCUT2D eigenvalue weighted by Crippen LogP contribution is 2.23. The van der Waals surface area contributed by atoms with E-state index in [1.165, 1.54) is 6.20 Å². The van der Waals surface area contributed by atoms with Gasteiger partial charge in [0.2, 0.25) is 0 Å².